The molecule has 0 radical (unpaired) electrons. The van der Waals surface area contributed by atoms with Gasteiger partial charge in [-0.15, -0.1) is 0 Å². The molecule has 0 aliphatic rings. The highest BCUT2D eigenvalue weighted by atomic mass is 32.2. The minimum absolute atomic E-state index is 0.0186. The van der Waals surface area contributed by atoms with Gasteiger partial charge >= 0.3 is 16.1 Å². The van der Waals surface area contributed by atoms with Crippen LogP contribution in [0.15, 0.2) is 10.5 Å². The average molecular weight is 288 g/mol. The minimum Gasteiger partial charge on any atom is -0.456 e. The van der Waals surface area contributed by atoms with Crippen molar-refractivity contribution >= 4 is 16.1 Å². The van der Waals surface area contributed by atoms with Crippen LogP contribution >= 0.6 is 0 Å². The van der Waals surface area contributed by atoms with E-state index in [1.165, 1.54) is 4.31 Å². The topological polar surface area (TPSA) is 79.6 Å². The first-order valence-corrected chi connectivity index (χ1v) is 7.71. The number of furan rings is 1. The predicted octanol–water partition coefficient (Wildman–Crippen LogP) is 1.47. The first kappa shape index (κ1) is 15.7. The van der Waals surface area contributed by atoms with E-state index in [4.69, 9.17) is 4.42 Å². The molecule has 1 amide bonds. The number of carbonyl (C=O) groups is 1. The summed E-state index contributed by atoms with van der Waals surface area (Å²) >= 11 is 0. The van der Waals surface area contributed by atoms with Crippen molar-refractivity contribution in [3.63, 3.8) is 0 Å². The molecule has 0 aromatic carbocycles. The van der Waals surface area contributed by atoms with Crippen LogP contribution in [0, 0.1) is 6.92 Å². The Kier molecular flexibility index (Phi) is 5.13. The van der Waals surface area contributed by atoms with Gasteiger partial charge < -0.3 is 4.42 Å². The molecule has 19 heavy (non-hydrogen) atoms. The van der Waals surface area contributed by atoms with E-state index in [0.29, 0.717) is 25.3 Å². The summed E-state index contributed by atoms with van der Waals surface area (Å²) in [5, 5.41) is 0. The van der Waals surface area contributed by atoms with Crippen LogP contribution in [0.4, 0.5) is 0 Å². The van der Waals surface area contributed by atoms with Gasteiger partial charge in [0.1, 0.15) is 5.76 Å². The van der Waals surface area contributed by atoms with Gasteiger partial charge in [0.15, 0.2) is 5.76 Å². The zero-order valence-electron chi connectivity index (χ0n) is 11.7. The van der Waals surface area contributed by atoms with Gasteiger partial charge in [-0.05, 0) is 18.6 Å². The summed E-state index contributed by atoms with van der Waals surface area (Å²) in [6.45, 7) is 7.74. The minimum atomic E-state index is -3.81. The number of hydrogen-bond acceptors (Lipinski definition) is 4. The number of amides is 1. The maximum Gasteiger partial charge on any atom is 0.304 e. The lowest BCUT2D eigenvalue weighted by Gasteiger charge is -2.17. The van der Waals surface area contributed by atoms with Crippen LogP contribution in [0.5, 0.6) is 0 Å². The fraction of sp³-hybridized carbons (Fsp3) is 0.583. The van der Waals surface area contributed by atoms with Crippen molar-refractivity contribution in [2.24, 2.45) is 0 Å². The summed E-state index contributed by atoms with van der Waals surface area (Å²) in [7, 11) is -3.81. The molecule has 0 fully saturated rings. The van der Waals surface area contributed by atoms with Crippen molar-refractivity contribution in [1.82, 2.24) is 9.03 Å². The van der Waals surface area contributed by atoms with Crippen LogP contribution in [-0.4, -0.2) is 31.7 Å². The van der Waals surface area contributed by atoms with Crippen LogP contribution in [0.3, 0.4) is 0 Å². The summed E-state index contributed by atoms with van der Waals surface area (Å²) in [5.74, 6) is -0.0369. The molecule has 1 aromatic rings. The van der Waals surface area contributed by atoms with Crippen molar-refractivity contribution in [2.45, 2.75) is 34.1 Å². The molecule has 0 aliphatic carbocycles. The Morgan fingerprint density at radius 3 is 2.32 bits per heavy atom. The van der Waals surface area contributed by atoms with Crippen molar-refractivity contribution < 1.29 is 17.6 Å². The quantitative estimate of drug-likeness (QED) is 0.859. The molecule has 0 unspecified atom stereocenters. The lowest BCUT2D eigenvalue weighted by molar-refractivity contribution is 0.0950. The van der Waals surface area contributed by atoms with Crippen LogP contribution in [0.1, 0.15) is 42.6 Å². The van der Waals surface area contributed by atoms with Gasteiger partial charge in [0, 0.05) is 19.5 Å². The largest absolute Gasteiger partial charge is 0.456 e. The fourth-order valence-electron chi connectivity index (χ4n) is 1.78. The van der Waals surface area contributed by atoms with Gasteiger partial charge in [-0.2, -0.15) is 12.7 Å². The molecular weight excluding hydrogens is 268 g/mol. The summed E-state index contributed by atoms with van der Waals surface area (Å²) in [5.41, 5.74) is 0.841. The van der Waals surface area contributed by atoms with E-state index in [0.717, 1.165) is 5.56 Å². The smallest absolute Gasteiger partial charge is 0.304 e. The SMILES string of the molecule is CCc1oc(C(=O)NS(=O)(=O)N(CC)CC)cc1C. The second kappa shape index (κ2) is 6.21. The predicted molar refractivity (Wildman–Crippen MR) is 72.1 cm³/mol. The number of aryl methyl sites for hydroxylation is 2. The van der Waals surface area contributed by atoms with Crippen molar-refractivity contribution in [3.8, 4) is 0 Å². The number of nitrogens with one attached hydrogen (secondary N) is 1. The number of rotatable bonds is 6. The second-order valence-electron chi connectivity index (χ2n) is 4.09. The third-order valence-corrected chi connectivity index (χ3v) is 4.47. The highest BCUT2D eigenvalue weighted by Crippen LogP contribution is 2.15. The van der Waals surface area contributed by atoms with E-state index >= 15 is 0 Å². The maximum absolute atomic E-state index is 11.9. The summed E-state index contributed by atoms with van der Waals surface area (Å²) < 4.78 is 32.3. The van der Waals surface area contributed by atoms with Crippen molar-refractivity contribution in [1.29, 1.82) is 0 Å². The average Bonchev–Trinajstić information content (AvgIpc) is 2.71. The fourth-order valence-corrected chi connectivity index (χ4v) is 2.92. The number of hydrogen-bond donors (Lipinski definition) is 1. The van der Waals surface area contributed by atoms with Crippen LogP contribution in [-0.2, 0) is 16.6 Å². The molecule has 0 atom stereocenters. The molecule has 0 saturated heterocycles. The van der Waals surface area contributed by atoms with Crippen LogP contribution < -0.4 is 4.72 Å². The maximum atomic E-state index is 11.9. The highest BCUT2D eigenvalue weighted by molar-refractivity contribution is 7.87. The molecular formula is C12H20N2O4S. The zero-order valence-corrected chi connectivity index (χ0v) is 12.5. The van der Waals surface area contributed by atoms with E-state index < -0.39 is 16.1 Å². The standard InChI is InChI=1S/C12H20N2O4S/c1-5-10-9(4)8-11(18-10)12(15)13-19(16,17)14(6-2)7-3/h8H,5-7H2,1-4H3,(H,13,15). The van der Waals surface area contributed by atoms with E-state index in [1.807, 2.05) is 18.6 Å². The molecule has 6 nitrogen and oxygen atoms in total. The zero-order chi connectivity index (χ0) is 14.6. The number of carbonyl (C=O) groups excluding carboxylic acids is 1. The van der Waals surface area contributed by atoms with Gasteiger partial charge in [-0.1, -0.05) is 20.8 Å². The van der Waals surface area contributed by atoms with E-state index in [1.54, 1.807) is 19.9 Å². The Morgan fingerprint density at radius 1 is 1.32 bits per heavy atom. The Labute approximate surface area is 114 Å². The molecule has 0 aliphatic heterocycles. The molecule has 108 valence electrons. The number of nitrogens with zero attached hydrogens (tertiary/aromatic N) is 1. The molecule has 0 spiro atoms. The summed E-state index contributed by atoms with van der Waals surface area (Å²) in [6, 6.07) is 1.55. The van der Waals surface area contributed by atoms with Gasteiger partial charge in [0.2, 0.25) is 0 Å². The van der Waals surface area contributed by atoms with Crippen molar-refractivity contribution in [2.75, 3.05) is 13.1 Å². The third kappa shape index (κ3) is 3.57. The third-order valence-electron chi connectivity index (χ3n) is 2.83. The Balaban J connectivity index is 2.90. The first-order chi connectivity index (χ1) is 8.85. The van der Waals surface area contributed by atoms with Crippen LogP contribution in [0.2, 0.25) is 0 Å². The lowest BCUT2D eigenvalue weighted by Crippen LogP contribution is -2.43. The van der Waals surface area contributed by atoms with E-state index in [9.17, 15) is 13.2 Å². The van der Waals surface area contributed by atoms with Gasteiger partial charge in [-0.3, -0.25) is 4.79 Å². The second-order valence-corrected chi connectivity index (χ2v) is 5.76. The molecule has 1 heterocycles. The molecule has 0 bridgehead atoms. The molecule has 1 aromatic heterocycles. The Morgan fingerprint density at radius 2 is 1.89 bits per heavy atom. The van der Waals surface area contributed by atoms with E-state index in [2.05, 4.69) is 0 Å². The van der Waals surface area contributed by atoms with Crippen molar-refractivity contribution in [3.05, 3.63) is 23.2 Å². The Hall–Kier alpha value is -1.34. The Bertz CT molecular complexity index is 544. The molecule has 0 saturated carbocycles. The molecule has 7 heteroatoms. The van der Waals surface area contributed by atoms with Gasteiger partial charge in [0.05, 0.1) is 0 Å². The molecule has 1 rings (SSSR count). The first-order valence-electron chi connectivity index (χ1n) is 6.27. The normalized spacial score (nSPS) is 11.8. The summed E-state index contributed by atoms with van der Waals surface area (Å²) in [6.07, 6.45) is 0.655. The van der Waals surface area contributed by atoms with Gasteiger partial charge in [-0.25, -0.2) is 4.72 Å². The monoisotopic (exact) mass is 288 g/mol. The van der Waals surface area contributed by atoms with Gasteiger partial charge in [0.25, 0.3) is 0 Å². The van der Waals surface area contributed by atoms with Crippen LogP contribution in [0.25, 0.3) is 0 Å². The van der Waals surface area contributed by atoms with E-state index in [-0.39, 0.29) is 5.76 Å². The highest BCUT2D eigenvalue weighted by Gasteiger charge is 2.24. The summed E-state index contributed by atoms with van der Waals surface area (Å²) in [4.78, 5) is 11.9. The lowest BCUT2D eigenvalue weighted by atomic mass is 10.2. The molecule has 1 N–H and O–H groups in total.